The maximum atomic E-state index is 11.7. The van der Waals surface area contributed by atoms with Crippen LogP contribution in [0.2, 0.25) is 0 Å². The van der Waals surface area contributed by atoms with Gasteiger partial charge in [0, 0.05) is 5.25 Å². The van der Waals surface area contributed by atoms with Crippen molar-refractivity contribution < 1.29 is 0 Å². The third-order valence-corrected chi connectivity index (χ3v) is 5.57. The largest absolute Gasteiger partial charge is 0.309 e. The standard InChI is InChI=1S/C12H17IN2OS/c1-2-9-11(13)12(16)15-10(14-9)7-17-8-5-3-4-6-8/h8H,2-7H2,1H3,(H,14,15,16). The maximum Gasteiger partial charge on any atom is 0.264 e. The average molecular weight is 364 g/mol. The number of aromatic amines is 1. The van der Waals surface area contributed by atoms with Crippen LogP contribution in [-0.4, -0.2) is 15.2 Å². The third-order valence-electron chi connectivity index (χ3n) is 3.07. The lowest BCUT2D eigenvalue weighted by atomic mass is 10.3. The number of H-pyrrole nitrogens is 1. The molecule has 0 saturated heterocycles. The molecule has 1 aromatic rings. The van der Waals surface area contributed by atoms with E-state index in [-0.39, 0.29) is 5.56 Å². The second-order valence-electron chi connectivity index (χ2n) is 4.34. The summed E-state index contributed by atoms with van der Waals surface area (Å²) in [5.41, 5.74) is 0.941. The summed E-state index contributed by atoms with van der Waals surface area (Å²) < 4.78 is 0.736. The molecule has 2 rings (SSSR count). The van der Waals surface area contributed by atoms with Gasteiger partial charge in [-0.1, -0.05) is 19.8 Å². The molecule has 3 nitrogen and oxygen atoms in total. The van der Waals surface area contributed by atoms with Gasteiger partial charge < -0.3 is 4.98 Å². The van der Waals surface area contributed by atoms with E-state index in [2.05, 4.69) is 32.6 Å². The van der Waals surface area contributed by atoms with Crippen LogP contribution in [0.5, 0.6) is 0 Å². The van der Waals surface area contributed by atoms with Gasteiger partial charge in [0.1, 0.15) is 5.82 Å². The molecule has 1 heterocycles. The number of halogens is 1. The number of hydrogen-bond acceptors (Lipinski definition) is 3. The van der Waals surface area contributed by atoms with Gasteiger partial charge in [0.15, 0.2) is 0 Å². The fourth-order valence-corrected chi connectivity index (χ4v) is 3.95. The van der Waals surface area contributed by atoms with E-state index in [4.69, 9.17) is 0 Å². The first-order chi connectivity index (χ1) is 8.20. The lowest BCUT2D eigenvalue weighted by molar-refractivity contribution is 0.884. The molecule has 0 aliphatic heterocycles. The van der Waals surface area contributed by atoms with Gasteiger partial charge in [-0.2, -0.15) is 11.8 Å². The Morgan fingerprint density at radius 1 is 1.47 bits per heavy atom. The monoisotopic (exact) mass is 364 g/mol. The Labute approximate surface area is 119 Å². The minimum atomic E-state index is 0.0134. The van der Waals surface area contributed by atoms with E-state index in [1.165, 1.54) is 25.7 Å². The van der Waals surface area contributed by atoms with Gasteiger partial charge in [-0.15, -0.1) is 0 Å². The summed E-state index contributed by atoms with van der Waals surface area (Å²) in [6, 6.07) is 0. The molecule has 0 spiro atoms. The summed E-state index contributed by atoms with van der Waals surface area (Å²) in [7, 11) is 0. The zero-order valence-corrected chi connectivity index (χ0v) is 12.9. The summed E-state index contributed by atoms with van der Waals surface area (Å²) in [6.45, 7) is 2.04. The van der Waals surface area contributed by atoms with E-state index >= 15 is 0 Å². The SMILES string of the molecule is CCc1nc(CSC2CCCC2)[nH]c(=O)c1I. The second kappa shape index (κ2) is 6.22. The van der Waals surface area contributed by atoms with E-state index in [1.807, 2.05) is 18.7 Å². The van der Waals surface area contributed by atoms with E-state index in [9.17, 15) is 4.79 Å². The van der Waals surface area contributed by atoms with Crippen molar-refractivity contribution in [2.24, 2.45) is 0 Å². The molecule has 17 heavy (non-hydrogen) atoms. The minimum Gasteiger partial charge on any atom is -0.309 e. The molecule has 1 aliphatic carbocycles. The molecule has 0 aromatic carbocycles. The van der Waals surface area contributed by atoms with Crippen LogP contribution in [0.1, 0.15) is 44.1 Å². The number of aryl methyl sites for hydroxylation is 1. The number of nitrogens with one attached hydrogen (secondary N) is 1. The van der Waals surface area contributed by atoms with Gasteiger partial charge in [-0.25, -0.2) is 4.98 Å². The van der Waals surface area contributed by atoms with Crippen LogP contribution in [0.4, 0.5) is 0 Å². The normalized spacial score (nSPS) is 16.6. The zero-order chi connectivity index (χ0) is 12.3. The van der Waals surface area contributed by atoms with Crippen molar-refractivity contribution in [3.8, 4) is 0 Å². The molecular weight excluding hydrogens is 347 g/mol. The molecule has 1 N–H and O–H groups in total. The molecule has 0 amide bonds. The predicted molar refractivity (Wildman–Crippen MR) is 80.5 cm³/mol. The smallest absolute Gasteiger partial charge is 0.264 e. The molecule has 0 atom stereocenters. The van der Waals surface area contributed by atoms with Crippen molar-refractivity contribution in [1.82, 2.24) is 9.97 Å². The van der Waals surface area contributed by atoms with E-state index in [0.29, 0.717) is 0 Å². The van der Waals surface area contributed by atoms with Crippen molar-refractivity contribution in [2.45, 2.75) is 50.0 Å². The van der Waals surface area contributed by atoms with Crippen LogP contribution in [0.25, 0.3) is 0 Å². The quantitative estimate of drug-likeness (QED) is 0.836. The molecule has 5 heteroatoms. The van der Waals surface area contributed by atoms with Gasteiger partial charge >= 0.3 is 0 Å². The van der Waals surface area contributed by atoms with E-state index < -0.39 is 0 Å². The molecule has 0 radical (unpaired) electrons. The van der Waals surface area contributed by atoms with Gasteiger partial charge in [-0.05, 0) is 41.9 Å². The Morgan fingerprint density at radius 2 is 2.18 bits per heavy atom. The maximum absolute atomic E-state index is 11.7. The molecule has 0 bridgehead atoms. The summed E-state index contributed by atoms with van der Waals surface area (Å²) in [4.78, 5) is 19.1. The number of hydrogen-bond donors (Lipinski definition) is 1. The van der Waals surface area contributed by atoms with E-state index in [1.54, 1.807) is 0 Å². The highest BCUT2D eigenvalue weighted by Crippen LogP contribution is 2.30. The first-order valence-electron chi connectivity index (χ1n) is 6.10. The number of nitrogens with zero attached hydrogens (tertiary/aromatic N) is 1. The second-order valence-corrected chi connectivity index (χ2v) is 6.71. The zero-order valence-electron chi connectivity index (χ0n) is 9.96. The van der Waals surface area contributed by atoms with Crippen LogP contribution in [0.3, 0.4) is 0 Å². The molecule has 0 unspecified atom stereocenters. The topological polar surface area (TPSA) is 45.8 Å². The van der Waals surface area contributed by atoms with Crippen molar-refractivity contribution in [3.05, 3.63) is 25.4 Å². The van der Waals surface area contributed by atoms with Crippen LogP contribution in [-0.2, 0) is 12.2 Å². The summed E-state index contributed by atoms with van der Waals surface area (Å²) in [5.74, 6) is 1.67. The highest BCUT2D eigenvalue weighted by molar-refractivity contribution is 14.1. The molecule has 94 valence electrons. The third kappa shape index (κ3) is 3.47. The van der Waals surface area contributed by atoms with Crippen molar-refractivity contribution in [1.29, 1.82) is 0 Å². The number of thioether (sulfide) groups is 1. The first-order valence-corrected chi connectivity index (χ1v) is 8.22. The number of rotatable bonds is 4. The Balaban J connectivity index is 2.05. The average Bonchev–Trinajstić information content (AvgIpc) is 2.83. The highest BCUT2D eigenvalue weighted by Gasteiger charge is 2.16. The Hall–Kier alpha value is -0.0400. The van der Waals surface area contributed by atoms with Gasteiger partial charge in [-0.3, -0.25) is 4.79 Å². The minimum absolute atomic E-state index is 0.0134. The molecule has 1 aliphatic rings. The Kier molecular flexibility index (Phi) is 4.90. The summed E-state index contributed by atoms with van der Waals surface area (Å²) in [5, 5.41) is 0.768. The van der Waals surface area contributed by atoms with Crippen LogP contribution in [0.15, 0.2) is 4.79 Å². The Morgan fingerprint density at radius 3 is 2.82 bits per heavy atom. The van der Waals surface area contributed by atoms with Gasteiger partial charge in [0.05, 0.1) is 15.0 Å². The predicted octanol–water partition coefficient (Wildman–Crippen LogP) is 3.11. The molecule has 1 fully saturated rings. The fourth-order valence-electron chi connectivity index (χ4n) is 2.11. The van der Waals surface area contributed by atoms with Gasteiger partial charge in [0.2, 0.25) is 0 Å². The molecule has 1 aromatic heterocycles. The van der Waals surface area contributed by atoms with Crippen LogP contribution < -0.4 is 5.56 Å². The van der Waals surface area contributed by atoms with Crippen LogP contribution >= 0.6 is 34.4 Å². The molecular formula is C12H17IN2OS. The van der Waals surface area contributed by atoms with E-state index in [0.717, 1.165) is 32.5 Å². The Bertz CT molecular complexity index is 441. The molecule has 1 saturated carbocycles. The number of aromatic nitrogens is 2. The van der Waals surface area contributed by atoms with Crippen molar-refractivity contribution in [2.75, 3.05) is 0 Å². The van der Waals surface area contributed by atoms with Crippen molar-refractivity contribution >= 4 is 34.4 Å². The lowest BCUT2D eigenvalue weighted by Gasteiger charge is -2.09. The van der Waals surface area contributed by atoms with Crippen molar-refractivity contribution in [3.63, 3.8) is 0 Å². The fraction of sp³-hybridized carbons (Fsp3) is 0.667. The first kappa shape index (κ1) is 13.4. The van der Waals surface area contributed by atoms with Gasteiger partial charge in [0.25, 0.3) is 5.56 Å². The highest BCUT2D eigenvalue weighted by atomic mass is 127. The summed E-state index contributed by atoms with van der Waals surface area (Å²) in [6.07, 6.45) is 6.17. The summed E-state index contributed by atoms with van der Waals surface area (Å²) >= 11 is 4.01. The van der Waals surface area contributed by atoms with Crippen LogP contribution in [0, 0.1) is 3.57 Å². The lowest BCUT2D eigenvalue weighted by Crippen LogP contribution is -2.17.